The Morgan fingerprint density at radius 2 is 1.26 bits per heavy atom. The molecule has 3 atom stereocenters. The molecule has 4 heterocycles. The van der Waals surface area contributed by atoms with Gasteiger partial charge in [0, 0.05) is 48.2 Å². The van der Waals surface area contributed by atoms with Crippen LogP contribution in [0.2, 0.25) is 0 Å². The summed E-state index contributed by atoms with van der Waals surface area (Å²) in [6, 6.07) is 28.9. The highest BCUT2D eigenvalue weighted by molar-refractivity contribution is 14.1. The van der Waals surface area contributed by atoms with Crippen molar-refractivity contribution in [2.24, 2.45) is 5.41 Å². The van der Waals surface area contributed by atoms with E-state index < -0.39 is 0 Å². The van der Waals surface area contributed by atoms with Gasteiger partial charge in [-0.15, -0.1) is 0 Å². The molecule has 6 heteroatoms. The lowest BCUT2D eigenvalue weighted by Gasteiger charge is -2.50. The lowest BCUT2D eigenvalue weighted by atomic mass is 9.32. The molecule has 1 aromatic heterocycles. The second-order valence-electron chi connectivity index (χ2n) is 26.0. The fourth-order valence-electron chi connectivity index (χ4n) is 13.4. The van der Waals surface area contributed by atoms with Crippen LogP contribution in [0, 0.1) is 12.3 Å². The van der Waals surface area contributed by atoms with Crippen molar-refractivity contribution >= 4 is 84.9 Å². The number of fused-ring (bicyclic) bond motifs is 11. The van der Waals surface area contributed by atoms with Gasteiger partial charge in [0.15, 0.2) is 0 Å². The number of halogens is 1. The van der Waals surface area contributed by atoms with Crippen LogP contribution < -0.4 is 25.5 Å². The molecule has 0 N–H and O–H groups in total. The molecule has 68 heavy (non-hydrogen) atoms. The van der Waals surface area contributed by atoms with Gasteiger partial charge in [-0.1, -0.05) is 129 Å². The van der Waals surface area contributed by atoms with E-state index in [9.17, 15) is 0 Å². The Morgan fingerprint density at radius 1 is 0.632 bits per heavy atom. The van der Waals surface area contributed by atoms with Crippen molar-refractivity contribution < 1.29 is 9.15 Å². The molecule has 3 aliphatic heterocycles. The predicted molar refractivity (Wildman–Crippen MR) is 297 cm³/mol. The Hall–Kier alpha value is -4.43. The lowest BCUT2D eigenvalue weighted by Crippen LogP contribution is -2.65. The van der Waals surface area contributed by atoms with Crippen LogP contribution in [-0.2, 0) is 25.1 Å². The SMILES string of the molecule is Cc1cc2c3c(c1)N(c1ccc4oc5ccc(C(C)(C)C)cc5c4c1)C1c4cc5c(cc4OC1B3c1cc3c(cc1N2C1=CC=C(C(C)(C)C)CC1)C(C)(C)CCC3(C)C)C(C)(I)CCC5(C)C. The first-order chi connectivity index (χ1) is 31.8. The molecule has 0 bridgehead atoms. The number of hydrogen-bond donors (Lipinski definition) is 0. The number of allylic oxidation sites excluding steroid dienone is 4. The first-order valence-corrected chi connectivity index (χ1v) is 26.7. The summed E-state index contributed by atoms with van der Waals surface area (Å²) in [6.45, 7) is 33.6. The Morgan fingerprint density at radius 3 is 1.93 bits per heavy atom. The molecule has 3 aliphatic carbocycles. The summed E-state index contributed by atoms with van der Waals surface area (Å²) in [7, 11) is 0. The molecule has 0 fully saturated rings. The van der Waals surface area contributed by atoms with Crippen LogP contribution in [0.4, 0.5) is 22.7 Å². The van der Waals surface area contributed by atoms with Crippen molar-refractivity contribution in [3.63, 3.8) is 0 Å². The average Bonchev–Trinajstić information content (AvgIpc) is 3.83. The van der Waals surface area contributed by atoms with E-state index in [4.69, 9.17) is 9.15 Å². The van der Waals surface area contributed by atoms with E-state index in [1.165, 1.54) is 102 Å². The minimum Gasteiger partial charge on any atom is -0.495 e. The maximum absolute atomic E-state index is 7.79. The van der Waals surface area contributed by atoms with Crippen molar-refractivity contribution in [3.05, 3.63) is 135 Å². The van der Waals surface area contributed by atoms with E-state index in [1.54, 1.807) is 0 Å². The van der Waals surface area contributed by atoms with Crippen LogP contribution in [0.25, 0.3) is 21.9 Å². The molecule has 0 spiro atoms. The van der Waals surface area contributed by atoms with Crippen LogP contribution in [-0.4, -0.2) is 12.7 Å². The van der Waals surface area contributed by atoms with Gasteiger partial charge in [0.2, 0.25) is 0 Å². The fraction of sp³-hybridized carbons (Fsp3) is 0.452. The van der Waals surface area contributed by atoms with Crippen LogP contribution in [0.5, 0.6) is 5.75 Å². The van der Waals surface area contributed by atoms with E-state index in [-0.39, 0.29) is 49.3 Å². The molecule has 6 aliphatic rings. The van der Waals surface area contributed by atoms with Crippen molar-refractivity contribution in [2.45, 2.75) is 173 Å². The number of anilines is 4. The number of aryl methyl sites for hydroxylation is 1. The third kappa shape index (κ3) is 6.56. The van der Waals surface area contributed by atoms with Crippen LogP contribution in [0.15, 0.2) is 101 Å². The molecule has 3 unspecified atom stereocenters. The maximum Gasteiger partial charge on any atom is 0.267 e. The van der Waals surface area contributed by atoms with E-state index in [1.807, 2.05) is 0 Å². The Labute approximate surface area is 420 Å². The maximum atomic E-state index is 7.79. The molecule has 12 rings (SSSR count). The molecule has 0 amide bonds. The molecule has 0 saturated heterocycles. The van der Waals surface area contributed by atoms with Crippen molar-refractivity contribution in [1.29, 1.82) is 0 Å². The topological polar surface area (TPSA) is 28.9 Å². The van der Waals surface area contributed by atoms with Gasteiger partial charge < -0.3 is 19.0 Å². The van der Waals surface area contributed by atoms with E-state index >= 15 is 0 Å². The minimum atomic E-state index is -0.165. The van der Waals surface area contributed by atoms with Gasteiger partial charge in [0.1, 0.15) is 22.9 Å². The first kappa shape index (κ1) is 44.8. The number of ether oxygens (including phenoxy) is 1. The second kappa shape index (κ2) is 14.4. The predicted octanol–water partition coefficient (Wildman–Crippen LogP) is 16.2. The number of alkyl halides is 1. The van der Waals surface area contributed by atoms with Crippen molar-refractivity contribution in [1.82, 2.24) is 0 Å². The summed E-state index contributed by atoms with van der Waals surface area (Å²) in [5, 5.41) is 2.34. The van der Waals surface area contributed by atoms with Gasteiger partial charge >= 0.3 is 0 Å². The fourth-order valence-corrected chi connectivity index (χ4v) is 14.1. The molecule has 350 valence electrons. The summed E-state index contributed by atoms with van der Waals surface area (Å²) in [4.78, 5) is 5.41. The van der Waals surface area contributed by atoms with E-state index in [0.29, 0.717) is 0 Å². The van der Waals surface area contributed by atoms with Gasteiger partial charge in [-0.2, -0.15) is 0 Å². The van der Waals surface area contributed by atoms with Gasteiger partial charge in [0.05, 0.1) is 6.04 Å². The number of rotatable bonds is 2. The Kier molecular flexibility index (Phi) is 9.45. The van der Waals surface area contributed by atoms with E-state index in [0.717, 1.165) is 48.0 Å². The second-order valence-corrected chi connectivity index (χ2v) is 28.4. The summed E-state index contributed by atoms with van der Waals surface area (Å²) >= 11 is 2.73. The van der Waals surface area contributed by atoms with Crippen molar-refractivity contribution in [3.8, 4) is 5.75 Å². The van der Waals surface area contributed by atoms with Gasteiger partial charge in [-0.05, 0) is 190 Å². The summed E-state index contributed by atoms with van der Waals surface area (Å²) in [5.74, 6) is 1.05. The third-order valence-electron chi connectivity index (χ3n) is 17.8. The number of benzene rings is 5. The Bertz CT molecular complexity index is 3240. The third-order valence-corrected chi connectivity index (χ3v) is 18.9. The van der Waals surface area contributed by atoms with Crippen LogP contribution in [0.1, 0.15) is 174 Å². The van der Waals surface area contributed by atoms with Crippen LogP contribution in [0.3, 0.4) is 0 Å². The molecule has 0 saturated carbocycles. The zero-order valence-electron chi connectivity index (χ0n) is 43.1. The highest BCUT2D eigenvalue weighted by atomic mass is 127. The molecule has 6 aromatic rings. The first-order valence-electron chi connectivity index (χ1n) is 25.7. The monoisotopic (exact) mass is 1010 g/mol. The van der Waals surface area contributed by atoms with Crippen LogP contribution >= 0.6 is 22.6 Å². The normalized spacial score (nSPS) is 24.1. The highest BCUT2D eigenvalue weighted by Crippen LogP contribution is 2.58. The minimum absolute atomic E-state index is 0.0142. The summed E-state index contributed by atoms with van der Waals surface area (Å²) in [6.07, 6.45) is 11.6. The standard InChI is InChI=1S/C62H70BIN2O2/c1-35-27-49-54-50(28-35)66(39-20-22-52-41(30-39)40-29-37(58(5,6)7)17-21-51(40)67-52)55-42-31-43-46(62(14,64)26-25-61(43,12)13)34-53(42)68-56(55)63(54)47-32-44-45(60(10,11)24-23-59(44,8)9)33-48(47)65(49)38-18-15-36(16-19-38)57(2,3)4/h15,17-18,20-22,27-34,55-56H,16,19,23-26H2,1-14H3. The molecule has 0 radical (unpaired) electrons. The number of furan rings is 1. The quantitative estimate of drug-likeness (QED) is 0.0982. The molecule has 4 nitrogen and oxygen atoms in total. The van der Waals surface area contributed by atoms with Gasteiger partial charge in [0.25, 0.3) is 6.71 Å². The van der Waals surface area contributed by atoms with Gasteiger partial charge in [-0.3, -0.25) is 0 Å². The summed E-state index contributed by atoms with van der Waals surface area (Å²) in [5.41, 5.74) is 22.8. The van der Waals surface area contributed by atoms with Gasteiger partial charge in [-0.25, -0.2) is 0 Å². The summed E-state index contributed by atoms with van der Waals surface area (Å²) < 4.78 is 14.4. The van der Waals surface area contributed by atoms with Crippen molar-refractivity contribution in [2.75, 3.05) is 9.80 Å². The number of hydrogen-bond acceptors (Lipinski definition) is 4. The highest BCUT2D eigenvalue weighted by Gasteiger charge is 2.57. The largest absolute Gasteiger partial charge is 0.495 e. The Balaban J connectivity index is 1.17. The number of nitrogens with zero attached hydrogens (tertiary/aromatic N) is 2. The zero-order chi connectivity index (χ0) is 48.0. The van der Waals surface area contributed by atoms with E-state index in [2.05, 4.69) is 214 Å². The molecule has 5 aromatic carbocycles. The molecular formula is C62H70BIN2O2. The molecular weight excluding hydrogens is 942 g/mol. The lowest BCUT2D eigenvalue weighted by molar-refractivity contribution is 0.281. The zero-order valence-corrected chi connectivity index (χ0v) is 45.3. The smallest absolute Gasteiger partial charge is 0.267 e. The average molecular weight is 1010 g/mol.